The molecule has 0 saturated carbocycles. The highest BCUT2D eigenvalue weighted by molar-refractivity contribution is 9.10. The zero-order valence-corrected chi connectivity index (χ0v) is 10.4. The van der Waals surface area contributed by atoms with Gasteiger partial charge in [0.2, 0.25) is 0 Å². The molecule has 0 aliphatic carbocycles. The first-order valence-electron chi connectivity index (χ1n) is 4.94. The van der Waals surface area contributed by atoms with Gasteiger partial charge in [-0.05, 0) is 24.3 Å². The molecule has 1 aromatic heterocycles. The van der Waals surface area contributed by atoms with E-state index in [0.717, 1.165) is 5.56 Å². The number of pyridine rings is 1. The molecule has 2 N–H and O–H groups in total. The summed E-state index contributed by atoms with van der Waals surface area (Å²) in [7, 11) is 0. The normalized spacial score (nSPS) is 10.2. The highest BCUT2D eigenvalue weighted by atomic mass is 79.9. The third-order valence-electron chi connectivity index (χ3n) is 2.20. The second-order valence-electron chi connectivity index (χ2n) is 3.41. The van der Waals surface area contributed by atoms with Gasteiger partial charge < -0.3 is 10.5 Å². The van der Waals surface area contributed by atoms with Crippen molar-refractivity contribution in [1.29, 1.82) is 0 Å². The van der Waals surface area contributed by atoms with E-state index in [4.69, 9.17) is 10.5 Å². The van der Waals surface area contributed by atoms with Crippen LogP contribution in [0, 0.1) is 5.82 Å². The molecule has 0 atom stereocenters. The maximum atomic E-state index is 13.5. The largest absolute Gasteiger partial charge is 0.486 e. The van der Waals surface area contributed by atoms with Crippen molar-refractivity contribution >= 4 is 21.7 Å². The van der Waals surface area contributed by atoms with Gasteiger partial charge in [0.1, 0.15) is 12.4 Å². The summed E-state index contributed by atoms with van der Waals surface area (Å²) in [4.78, 5) is 3.92. The summed E-state index contributed by atoms with van der Waals surface area (Å²) >= 11 is 3.18. The van der Waals surface area contributed by atoms with E-state index in [0.29, 0.717) is 10.3 Å². The summed E-state index contributed by atoms with van der Waals surface area (Å²) in [5.41, 5.74) is 6.39. The number of anilines is 1. The number of hydrogen-bond acceptors (Lipinski definition) is 3. The lowest BCUT2D eigenvalue weighted by Gasteiger charge is -2.08. The lowest BCUT2D eigenvalue weighted by atomic mass is 10.2. The van der Waals surface area contributed by atoms with Gasteiger partial charge in [0, 0.05) is 16.2 Å². The van der Waals surface area contributed by atoms with Gasteiger partial charge in [-0.1, -0.05) is 22.0 Å². The molecule has 3 nitrogen and oxygen atoms in total. The number of halogens is 2. The fourth-order valence-electron chi connectivity index (χ4n) is 1.32. The van der Waals surface area contributed by atoms with E-state index in [-0.39, 0.29) is 12.4 Å². The molecular weight excluding hydrogens is 287 g/mol. The van der Waals surface area contributed by atoms with Crippen LogP contribution in [-0.4, -0.2) is 4.98 Å². The van der Waals surface area contributed by atoms with Crippen molar-refractivity contribution in [3.05, 3.63) is 52.4 Å². The van der Waals surface area contributed by atoms with Crippen LogP contribution < -0.4 is 10.5 Å². The van der Waals surface area contributed by atoms with Crippen LogP contribution in [0.1, 0.15) is 5.56 Å². The summed E-state index contributed by atoms with van der Waals surface area (Å²) in [6.07, 6.45) is 1.60. The van der Waals surface area contributed by atoms with Gasteiger partial charge in [0.25, 0.3) is 0 Å². The van der Waals surface area contributed by atoms with E-state index >= 15 is 0 Å². The Kier molecular flexibility index (Phi) is 3.58. The Morgan fingerprint density at radius 1 is 1.35 bits per heavy atom. The predicted octanol–water partition coefficient (Wildman–Crippen LogP) is 3.14. The monoisotopic (exact) mass is 296 g/mol. The van der Waals surface area contributed by atoms with Crippen LogP contribution in [0.25, 0.3) is 0 Å². The van der Waals surface area contributed by atoms with Crippen molar-refractivity contribution in [2.75, 3.05) is 5.73 Å². The molecule has 0 unspecified atom stereocenters. The Balaban J connectivity index is 2.10. The van der Waals surface area contributed by atoms with Crippen LogP contribution in [0.5, 0.6) is 5.75 Å². The van der Waals surface area contributed by atoms with Crippen molar-refractivity contribution in [2.24, 2.45) is 0 Å². The van der Waals surface area contributed by atoms with Gasteiger partial charge in [-0.15, -0.1) is 0 Å². The number of nitrogens with two attached hydrogens (primary N) is 1. The minimum Gasteiger partial charge on any atom is -0.486 e. The van der Waals surface area contributed by atoms with Gasteiger partial charge in [-0.2, -0.15) is 0 Å². The summed E-state index contributed by atoms with van der Waals surface area (Å²) in [5.74, 6) is 0.170. The zero-order valence-electron chi connectivity index (χ0n) is 8.86. The average Bonchev–Trinajstić information content (AvgIpc) is 2.30. The van der Waals surface area contributed by atoms with Crippen molar-refractivity contribution < 1.29 is 9.13 Å². The second-order valence-corrected chi connectivity index (χ2v) is 4.33. The molecule has 88 valence electrons. The van der Waals surface area contributed by atoms with Crippen molar-refractivity contribution in [3.63, 3.8) is 0 Å². The molecule has 17 heavy (non-hydrogen) atoms. The van der Waals surface area contributed by atoms with Crippen molar-refractivity contribution in [3.8, 4) is 5.75 Å². The number of hydrogen-bond donors (Lipinski definition) is 1. The number of aromatic nitrogens is 1. The molecule has 0 fully saturated rings. The van der Waals surface area contributed by atoms with Gasteiger partial charge in [-0.3, -0.25) is 0 Å². The standard InChI is InChI=1S/C12H10BrFN2O/c13-9-3-4-11(10(14)6-9)17-7-8-2-1-5-16-12(8)15/h1-6H,7H2,(H2,15,16). The van der Waals surface area contributed by atoms with Crippen LogP contribution in [-0.2, 0) is 6.61 Å². The molecule has 0 spiro atoms. The topological polar surface area (TPSA) is 48.1 Å². The number of rotatable bonds is 3. The molecule has 0 aliphatic rings. The maximum Gasteiger partial charge on any atom is 0.166 e. The third kappa shape index (κ3) is 2.94. The molecule has 0 radical (unpaired) electrons. The summed E-state index contributed by atoms with van der Waals surface area (Å²) in [6, 6.07) is 8.17. The minimum absolute atomic E-state index is 0.191. The van der Waals surface area contributed by atoms with E-state index in [1.165, 1.54) is 6.07 Å². The van der Waals surface area contributed by atoms with Crippen LogP contribution in [0.15, 0.2) is 41.0 Å². The highest BCUT2D eigenvalue weighted by Gasteiger charge is 2.05. The first-order chi connectivity index (χ1) is 8.16. The zero-order chi connectivity index (χ0) is 12.3. The smallest absolute Gasteiger partial charge is 0.166 e. The SMILES string of the molecule is Nc1ncccc1COc1ccc(Br)cc1F. The van der Waals surface area contributed by atoms with Gasteiger partial charge in [-0.25, -0.2) is 9.37 Å². The van der Waals surface area contributed by atoms with E-state index in [9.17, 15) is 4.39 Å². The fourth-order valence-corrected chi connectivity index (χ4v) is 1.65. The first-order valence-corrected chi connectivity index (χ1v) is 5.73. The fraction of sp³-hybridized carbons (Fsp3) is 0.0833. The average molecular weight is 297 g/mol. The van der Waals surface area contributed by atoms with E-state index in [1.807, 2.05) is 0 Å². The van der Waals surface area contributed by atoms with Crippen LogP contribution in [0.4, 0.5) is 10.2 Å². The number of nitrogens with zero attached hydrogens (tertiary/aromatic N) is 1. The maximum absolute atomic E-state index is 13.5. The van der Waals surface area contributed by atoms with E-state index < -0.39 is 5.82 Å². The number of benzene rings is 1. The number of ether oxygens (including phenoxy) is 1. The third-order valence-corrected chi connectivity index (χ3v) is 2.70. The molecule has 5 heteroatoms. The molecule has 1 aromatic carbocycles. The van der Waals surface area contributed by atoms with Gasteiger partial charge in [0.15, 0.2) is 11.6 Å². The molecule has 0 amide bonds. The van der Waals surface area contributed by atoms with Crippen LogP contribution in [0.2, 0.25) is 0 Å². The highest BCUT2D eigenvalue weighted by Crippen LogP contribution is 2.22. The van der Waals surface area contributed by atoms with E-state index in [1.54, 1.807) is 30.5 Å². The van der Waals surface area contributed by atoms with Crippen LogP contribution >= 0.6 is 15.9 Å². The summed E-state index contributed by atoms with van der Waals surface area (Å²) < 4.78 is 19.5. The Labute approximate surface area is 107 Å². The Hall–Kier alpha value is -1.62. The quantitative estimate of drug-likeness (QED) is 0.946. The lowest BCUT2D eigenvalue weighted by molar-refractivity contribution is 0.290. The minimum atomic E-state index is -0.415. The van der Waals surface area contributed by atoms with Crippen LogP contribution in [0.3, 0.4) is 0 Å². The van der Waals surface area contributed by atoms with Gasteiger partial charge in [0.05, 0.1) is 0 Å². The first kappa shape index (κ1) is 11.9. The van der Waals surface area contributed by atoms with Gasteiger partial charge >= 0.3 is 0 Å². The molecule has 0 saturated heterocycles. The Morgan fingerprint density at radius 3 is 2.88 bits per heavy atom. The molecule has 1 heterocycles. The second kappa shape index (κ2) is 5.14. The predicted molar refractivity (Wildman–Crippen MR) is 67.1 cm³/mol. The Morgan fingerprint density at radius 2 is 2.18 bits per heavy atom. The molecule has 0 bridgehead atoms. The molecule has 2 rings (SSSR count). The Bertz CT molecular complexity index is 534. The lowest BCUT2D eigenvalue weighted by Crippen LogP contribution is -2.02. The summed E-state index contributed by atoms with van der Waals surface area (Å²) in [5, 5.41) is 0. The summed E-state index contributed by atoms with van der Waals surface area (Å²) in [6.45, 7) is 0.193. The molecule has 2 aromatic rings. The number of nitrogen functional groups attached to an aromatic ring is 1. The van der Waals surface area contributed by atoms with Crippen molar-refractivity contribution in [1.82, 2.24) is 4.98 Å². The van der Waals surface area contributed by atoms with E-state index in [2.05, 4.69) is 20.9 Å². The molecule has 0 aliphatic heterocycles. The molecular formula is C12H10BrFN2O. The van der Waals surface area contributed by atoms with Crippen molar-refractivity contribution in [2.45, 2.75) is 6.61 Å².